The van der Waals surface area contributed by atoms with Crippen molar-refractivity contribution in [1.82, 2.24) is 15.6 Å². The highest BCUT2D eigenvalue weighted by Gasteiger charge is 2.35. The summed E-state index contributed by atoms with van der Waals surface area (Å²) < 4.78 is 0. The number of nitrogens with zero attached hydrogens (tertiary/aromatic N) is 2. The highest BCUT2D eigenvalue weighted by molar-refractivity contribution is 5.98. The van der Waals surface area contributed by atoms with Crippen molar-refractivity contribution in [2.24, 2.45) is 5.92 Å². The molecule has 3 amide bonds. The molecule has 0 spiro atoms. The van der Waals surface area contributed by atoms with Crippen molar-refractivity contribution in [2.75, 3.05) is 18.0 Å². The SMILES string of the molecule is O=C(NC(Cc1ccncc1)C1CC(O)C1)c1cccc(N2CCNC2=O)c1. The molecule has 2 fully saturated rings. The van der Waals surface area contributed by atoms with Crippen LogP contribution in [0.15, 0.2) is 48.8 Å². The molecule has 2 aliphatic rings. The van der Waals surface area contributed by atoms with E-state index in [1.54, 1.807) is 35.5 Å². The number of anilines is 1. The van der Waals surface area contributed by atoms with Crippen LogP contribution in [-0.2, 0) is 6.42 Å². The fourth-order valence-electron chi connectivity index (χ4n) is 3.85. The van der Waals surface area contributed by atoms with E-state index in [0.29, 0.717) is 43.6 Å². The zero-order chi connectivity index (χ0) is 19.5. The zero-order valence-corrected chi connectivity index (χ0v) is 15.5. The van der Waals surface area contributed by atoms with Gasteiger partial charge in [-0.2, -0.15) is 0 Å². The molecule has 7 nitrogen and oxygen atoms in total. The lowest BCUT2D eigenvalue weighted by Gasteiger charge is -2.38. The summed E-state index contributed by atoms with van der Waals surface area (Å²) in [5.41, 5.74) is 2.34. The Kier molecular flexibility index (Phi) is 5.25. The van der Waals surface area contributed by atoms with Gasteiger partial charge in [-0.1, -0.05) is 6.07 Å². The summed E-state index contributed by atoms with van der Waals surface area (Å²) in [7, 11) is 0. The standard InChI is InChI=1S/C21H24N4O3/c26-18-12-16(13-18)19(10-14-4-6-22-7-5-14)24-20(27)15-2-1-3-17(11-15)25-9-8-23-21(25)28/h1-7,11,16,18-19,26H,8-10,12-13H2,(H,23,28)(H,24,27). The van der Waals surface area contributed by atoms with Gasteiger partial charge in [0.1, 0.15) is 0 Å². The Morgan fingerprint density at radius 2 is 2.07 bits per heavy atom. The molecule has 0 bridgehead atoms. The zero-order valence-electron chi connectivity index (χ0n) is 15.5. The number of aliphatic hydroxyl groups excluding tert-OH is 1. The molecule has 28 heavy (non-hydrogen) atoms. The lowest BCUT2D eigenvalue weighted by Crippen LogP contribution is -2.48. The van der Waals surface area contributed by atoms with E-state index in [-0.39, 0.29) is 30.0 Å². The third-order valence-corrected chi connectivity index (χ3v) is 5.52. The summed E-state index contributed by atoms with van der Waals surface area (Å²) in [4.78, 5) is 30.5. The van der Waals surface area contributed by atoms with Crippen molar-refractivity contribution < 1.29 is 14.7 Å². The third kappa shape index (κ3) is 3.99. The second kappa shape index (κ2) is 7.98. The Labute approximate surface area is 163 Å². The first-order valence-corrected chi connectivity index (χ1v) is 9.63. The van der Waals surface area contributed by atoms with Crippen molar-refractivity contribution in [1.29, 1.82) is 0 Å². The van der Waals surface area contributed by atoms with Crippen LogP contribution in [-0.4, -0.2) is 47.3 Å². The number of rotatable bonds is 6. The van der Waals surface area contributed by atoms with Crippen molar-refractivity contribution in [3.63, 3.8) is 0 Å². The highest BCUT2D eigenvalue weighted by Crippen LogP contribution is 2.32. The van der Waals surface area contributed by atoms with Crippen LogP contribution in [0.4, 0.5) is 10.5 Å². The second-order valence-electron chi connectivity index (χ2n) is 7.46. The Balaban J connectivity index is 1.48. The first kappa shape index (κ1) is 18.4. The number of carbonyl (C=O) groups is 2. The van der Waals surface area contributed by atoms with Crippen molar-refractivity contribution in [3.8, 4) is 0 Å². The van der Waals surface area contributed by atoms with Gasteiger partial charge in [0.05, 0.1) is 6.10 Å². The van der Waals surface area contributed by atoms with Gasteiger partial charge in [-0.3, -0.25) is 14.7 Å². The molecular weight excluding hydrogens is 356 g/mol. The number of urea groups is 1. The van der Waals surface area contributed by atoms with Gasteiger partial charge in [0, 0.05) is 42.8 Å². The van der Waals surface area contributed by atoms with E-state index in [1.807, 2.05) is 18.2 Å². The van der Waals surface area contributed by atoms with Gasteiger partial charge in [0.2, 0.25) is 0 Å². The summed E-state index contributed by atoms with van der Waals surface area (Å²) in [6, 6.07) is 10.8. The van der Waals surface area contributed by atoms with Gasteiger partial charge < -0.3 is 15.7 Å². The molecule has 2 heterocycles. The van der Waals surface area contributed by atoms with Gasteiger partial charge in [-0.15, -0.1) is 0 Å². The number of pyridine rings is 1. The van der Waals surface area contributed by atoms with Crippen LogP contribution in [0.1, 0.15) is 28.8 Å². The maximum atomic E-state index is 12.9. The first-order valence-electron chi connectivity index (χ1n) is 9.63. The molecule has 1 aliphatic carbocycles. The average molecular weight is 380 g/mol. The quantitative estimate of drug-likeness (QED) is 0.711. The van der Waals surface area contributed by atoms with Crippen LogP contribution < -0.4 is 15.5 Å². The highest BCUT2D eigenvalue weighted by atomic mass is 16.3. The molecule has 7 heteroatoms. The average Bonchev–Trinajstić information content (AvgIpc) is 3.12. The number of aromatic nitrogens is 1. The van der Waals surface area contributed by atoms with E-state index in [0.717, 1.165) is 5.56 Å². The van der Waals surface area contributed by atoms with E-state index < -0.39 is 0 Å². The summed E-state index contributed by atoms with van der Waals surface area (Å²) in [6.45, 7) is 1.20. The minimum absolute atomic E-state index is 0.0583. The van der Waals surface area contributed by atoms with Crippen molar-refractivity contribution in [3.05, 3.63) is 59.9 Å². The molecule has 146 valence electrons. The number of amides is 3. The number of hydrogen-bond acceptors (Lipinski definition) is 4. The molecule has 1 atom stereocenters. The molecule has 1 aromatic carbocycles. The fraction of sp³-hybridized carbons (Fsp3) is 0.381. The molecule has 2 aromatic rings. The lowest BCUT2D eigenvalue weighted by atomic mass is 9.75. The molecule has 4 rings (SSSR count). The maximum absolute atomic E-state index is 12.9. The molecule has 3 N–H and O–H groups in total. The summed E-state index contributed by atoms with van der Waals surface area (Å²) in [5.74, 6) is 0.0848. The van der Waals surface area contributed by atoms with Crippen molar-refractivity contribution in [2.45, 2.75) is 31.4 Å². The van der Waals surface area contributed by atoms with Gasteiger partial charge in [-0.25, -0.2) is 4.79 Å². The number of aliphatic hydroxyl groups is 1. The first-order chi connectivity index (χ1) is 13.6. The lowest BCUT2D eigenvalue weighted by molar-refractivity contribution is 0.0239. The largest absolute Gasteiger partial charge is 0.393 e. The van der Waals surface area contributed by atoms with Crippen LogP contribution in [0.2, 0.25) is 0 Å². The van der Waals surface area contributed by atoms with Gasteiger partial charge >= 0.3 is 6.03 Å². The number of carbonyl (C=O) groups excluding carboxylic acids is 2. The van der Waals surface area contributed by atoms with Crippen LogP contribution in [0, 0.1) is 5.92 Å². The molecule has 1 aliphatic heterocycles. The Bertz CT molecular complexity index is 852. The smallest absolute Gasteiger partial charge is 0.321 e. The number of nitrogens with one attached hydrogen (secondary N) is 2. The summed E-state index contributed by atoms with van der Waals surface area (Å²) >= 11 is 0. The third-order valence-electron chi connectivity index (χ3n) is 5.52. The molecular formula is C21H24N4O3. The normalized spacial score (nSPS) is 22.3. The van der Waals surface area contributed by atoms with E-state index in [1.165, 1.54) is 0 Å². The molecule has 1 saturated carbocycles. The molecule has 1 unspecified atom stereocenters. The van der Waals surface area contributed by atoms with Crippen LogP contribution in [0.25, 0.3) is 0 Å². The Morgan fingerprint density at radius 3 is 2.75 bits per heavy atom. The van der Waals surface area contributed by atoms with E-state index >= 15 is 0 Å². The van der Waals surface area contributed by atoms with Crippen LogP contribution >= 0.6 is 0 Å². The van der Waals surface area contributed by atoms with Gasteiger partial charge in [0.25, 0.3) is 5.91 Å². The van der Waals surface area contributed by atoms with Crippen LogP contribution in [0.3, 0.4) is 0 Å². The Morgan fingerprint density at radius 1 is 1.29 bits per heavy atom. The topological polar surface area (TPSA) is 94.6 Å². The minimum atomic E-state index is -0.279. The Hall–Kier alpha value is -2.93. The predicted octanol–water partition coefficient (Wildman–Crippen LogP) is 1.72. The summed E-state index contributed by atoms with van der Waals surface area (Å²) in [5, 5.41) is 15.6. The molecule has 1 aromatic heterocycles. The van der Waals surface area contributed by atoms with Crippen LogP contribution in [0.5, 0.6) is 0 Å². The molecule has 1 saturated heterocycles. The minimum Gasteiger partial charge on any atom is -0.393 e. The maximum Gasteiger partial charge on any atom is 0.321 e. The monoisotopic (exact) mass is 380 g/mol. The van der Waals surface area contributed by atoms with Gasteiger partial charge in [-0.05, 0) is 61.1 Å². The molecule has 0 radical (unpaired) electrons. The second-order valence-corrected chi connectivity index (χ2v) is 7.46. The van der Waals surface area contributed by atoms with Gasteiger partial charge in [0.15, 0.2) is 0 Å². The van der Waals surface area contributed by atoms with E-state index in [2.05, 4.69) is 15.6 Å². The number of benzene rings is 1. The van der Waals surface area contributed by atoms with E-state index in [9.17, 15) is 14.7 Å². The summed E-state index contributed by atoms with van der Waals surface area (Å²) in [6.07, 6.45) is 5.30. The number of hydrogen-bond donors (Lipinski definition) is 3. The van der Waals surface area contributed by atoms with E-state index in [4.69, 9.17) is 0 Å². The predicted molar refractivity (Wildman–Crippen MR) is 105 cm³/mol. The fourth-order valence-corrected chi connectivity index (χ4v) is 3.85. The van der Waals surface area contributed by atoms with Crippen molar-refractivity contribution >= 4 is 17.6 Å².